The zero-order valence-electron chi connectivity index (χ0n) is 18.9. The third-order valence-corrected chi connectivity index (χ3v) is 5.69. The largest absolute Gasteiger partial charge is 0.496 e. The molecular weight excluding hydrogens is 420 g/mol. The number of hydrogen-bond acceptors (Lipinski definition) is 7. The molecule has 1 aliphatic rings. The molecule has 2 N–H and O–H groups in total. The number of nitrogens with zero attached hydrogens (tertiary/aromatic N) is 1. The van der Waals surface area contributed by atoms with Gasteiger partial charge in [-0.3, -0.25) is 0 Å². The molecule has 1 atom stereocenters. The third-order valence-electron chi connectivity index (χ3n) is 5.69. The van der Waals surface area contributed by atoms with Gasteiger partial charge in [0.2, 0.25) is 5.88 Å². The highest BCUT2D eigenvalue weighted by molar-refractivity contribution is 5.98. The number of nitrogens with two attached hydrogens (primary N) is 1. The lowest BCUT2D eigenvalue weighted by atomic mass is 9.82. The molecule has 2 aromatic carbocycles. The quantitative estimate of drug-likeness (QED) is 0.548. The van der Waals surface area contributed by atoms with E-state index in [0.717, 1.165) is 22.3 Å². The fourth-order valence-corrected chi connectivity index (χ4v) is 4.29. The van der Waals surface area contributed by atoms with Crippen LogP contribution in [0.4, 0.5) is 0 Å². The molecule has 0 amide bonds. The lowest BCUT2D eigenvalue weighted by Crippen LogP contribution is -2.25. The van der Waals surface area contributed by atoms with Crippen LogP contribution in [0.25, 0.3) is 22.1 Å². The van der Waals surface area contributed by atoms with Crippen LogP contribution in [0, 0.1) is 18.3 Å². The molecule has 2 heterocycles. The van der Waals surface area contributed by atoms with E-state index in [2.05, 4.69) is 6.07 Å². The highest BCUT2D eigenvalue weighted by Crippen LogP contribution is 2.46. The second-order valence-corrected chi connectivity index (χ2v) is 7.60. The zero-order valence-corrected chi connectivity index (χ0v) is 18.9. The van der Waals surface area contributed by atoms with Gasteiger partial charge in [-0.05, 0) is 38.5 Å². The van der Waals surface area contributed by atoms with Gasteiger partial charge in [0.25, 0.3) is 0 Å². The summed E-state index contributed by atoms with van der Waals surface area (Å²) in [5.74, 6) is 0.0436. The predicted molar refractivity (Wildman–Crippen MR) is 123 cm³/mol. The van der Waals surface area contributed by atoms with E-state index in [1.54, 1.807) is 27.0 Å². The van der Waals surface area contributed by atoms with E-state index < -0.39 is 11.9 Å². The number of aryl methyl sites for hydroxylation is 1. The first-order valence-electron chi connectivity index (χ1n) is 10.5. The Labute approximate surface area is 191 Å². The summed E-state index contributed by atoms with van der Waals surface area (Å²) in [5, 5.41) is 10.7. The Morgan fingerprint density at radius 1 is 1.21 bits per heavy atom. The van der Waals surface area contributed by atoms with Crippen LogP contribution in [0.15, 0.2) is 69.7 Å². The van der Waals surface area contributed by atoms with Crippen molar-refractivity contribution in [3.63, 3.8) is 0 Å². The zero-order chi connectivity index (χ0) is 23.7. The molecule has 33 heavy (non-hydrogen) atoms. The molecule has 7 heteroatoms. The van der Waals surface area contributed by atoms with Crippen molar-refractivity contribution in [3.8, 4) is 22.9 Å². The Morgan fingerprint density at radius 2 is 1.94 bits per heavy atom. The van der Waals surface area contributed by atoms with Gasteiger partial charge in [-0.2, -0.15) is 5.26 Å². The van der Waals surface area contributed by atoms with Crippen LogP contribution in [0.3, 0.4) is 0 Å². The molecule has 0 saturated carbocycles. The first-order chi connectivity index (χ1) is 15.9. The second-order valence-electron chi connectivity index (χ2n) is 7.60. The summed E-state index contributed by atoms with van der Waals surface area (Å²) in [4.78, 5) is 12.9. The minimum atomic E-state index is -0.826. The number of furan rings is 1. The summed E-state index contributed by atoms with van der Waals surface area (Å²) in [7, 11) is 1.54. The number of benzene rings is 2. The molecule has 0 radical (unpaired) electrons. The van der Waals surface area contributed by atoms with Gasteiger partial charge in [-0.25, -0.2) is 4.79 Å². The second kappa shape index (κ2) is 8.75. The average Bonchev–Trinajstić information content (AvgIpc) is 3.12. The Morgan fingerprint density at radius 3 is 2.58 bits per heavy atom. The van der Waals surface area contributed by atoms with Crippen molar-refractivity contribution in [2.75, 3.05) is 13.7 Å². The molecule has 0 aliphatic carbocycles. The summed E-state index contributed by atoms with van der Waals surface area (Å²) in [6.07, 6.45) is 0. The molecule has 1 aliphatic heterocycles. The number of rotatable bonds is 5. The van der Waals surface area contributed by atoms with Crippen molar-refractivity contribution in [1.82, 2.24) is 0 Å². The van der Waals surface area contributed by atoms with E-state index >= 15 is 0 Å². The van der Waals surface area contributed by atoms with Crippen LogP contribution < -0.4 is 10.5 Å². The minimum absolute atomic E-state index is 0.0594. The van der Waals surface area contributed by atoms with Crippen LogP contribution in [0.5, 0.6) is 5.75 Å². The molecule has 0 spiro atoms. The summed E-state index contributed by atoms with van der Waals surface area (Å²) >= 11 is 0. The van der Waals surface area contributed by atoms with Crippen LogP contribution in [-0.4, -0.2) is 19.7 Å². The summed E-state index contributed by atoms with van der Waals surface area (Å²) in [6, 6.07) is 15.7. The van der Waals surface area contributed by atoms with Crippen molar-refractivity contribution in [2.24, 2.45) is 5.73 Å². The highest BCUT2D eigenvalue weighted by atomic mass is 16.5. The number of fused-ring (bicyclic) bond motifs is 1. The van der Waals surface area contributed by atoms with E-state index in [4.69, 9.17) is 24.4 Å². The first-order valence-corrected chi connectivity index (χ1v) is 10.5. The summed E-state index contributed by atoms with van der Waals surface area (Å²) in [6.45, 7) is 5.41. The van der Waals surface area contributed by atoms with Crippen LogP contribution >= 0.6 is 0 Å². The van der Waals surface area contributed by atoms with Gasteiger partial charge >= 0.3 is 5.97 Å². The molecule has 7 nitrogen and oxygen atoms in total. The van der Waals surface area contributed by atoms with Crippen LogP contribution in [-0.2, 0) is 14.3 Å². The third kappa shape index (κ3) is 3.70. The Hall–Kier alpha value is -4.18. The van der Waals surface area contributed by atoms with Crippen molar-refractivity contribution in [3.05, 3.63) is 76.6 Å². The van der Waals surface area contributed by atoms with Gasteiger partial charge in [0.15, 0.2) is 0 Å². The number of hydrogen-bond donors (Lipinski definition) is 1. The summed E-state index contributed by atoms with van der Waals surface area (Å²) in [5.41, 5.74) is 9.47. The summed E-state index contributed by atoms with van der Waals surface area (Å²) < 4.78 is 22.6. The van der Waals surface area contributed by atoms with Crippen LogP contribution in [0.2, 0.25) is 0 Å². The lowest BCUT2D eigenvalue weighted by Gasteiger charge is -2.27. The number of esters is 1. The van der Waals surface area contributed by atoms with E-state index in [1.165, 1.54) is 0 Å². The molecule has 4 rings (SSSR count). The maximum Gasteiger partial charge on any atom is 0.338 e. The Balaban J connectivity index is 1.98. The number of carbonyl (C=O) groups excluding carboxylic acids is 1. The van der Waals surface area contributed by atoms with E-state index in [1.807, 2.05) is 43.3 Å². The highest BCUT2D eigenvalue weighted by Gasteiger charge is 2.38. The van der Waals surface area contributed by atoms with E-state index in [9.17, 15) is 10.1 Å². The average molecular weight is 444 g/mol. The lowest BCUT2D eigenvalue weighted by molar-refractivity contribution is -0.139. The smallest absolute Gasteiger partial charge is 0.338 e. The Kier molecular flexibility index (Phi) is 5.84. The maximum atomic E-state index is 12.9. The standard InChI is InChI=1S/C26H24N2O5/c1-5-31-26(29)23-15(3)33-25(28)19(13-27)24(23)17-12-21-18(11-20(17)30-4)22(14(2)32-21)16-9-7-6-8-10-16/h6-12,24H,5,28H2,1-4H3. The molecule has 0 saturated heterocycles. The number of carbonyl (C=O) groups is 1. The molecular formula is C26H24N2O5. The normalized spacial score (nSPS) is 15.9. The van der Waals surface area contributed by atoms with Crippen molar-refractivity contribution < 1.29 is 23.4 Å². The van der Waals surface area contributed by atoms with Crippen molar-refractivity contribution in [2.45, 2.75) is 26.7 Å². The molecule has 1 aromatic heterocycles. The van der Waals surface area contributed by atoms with Gasteiger partial charge in [-0.1, -0.05) is 30.3 Å². The van der Waals surface area contributed by atoms with Gasteiger partial charge in [-0.15, -0.1) is 0 Å². The van der Waals surface area contributed by atoms with Crippen molar-refractivity contribution in [1.29, 1.82) is 5.26 Å². The molecule has 1 unspecified atom stereocenters. The van der Waals surface area contributed by atoms with E-state index in [-0.39, 0.29) is 29.4 Å². The van der Waals surface area contributed by atoms with Crippen LogP contribution in [0.1, 0.15) is 31.1 Å². The van der Waals surface area contributed by atoms with E-state index in [0.29, 0.717) is 16.9 Å². The van der Waals surface area contributed by atoms with Crippen molar-refractivity contribution >= 4 is 16.9 Å². The monoisotopic (exact) mass is 444 g/mol. The molecule has 3 aromatic rings. The molecule has 168 valence electrons. The number of allylic oxidation sites excluding steroid dienone is 2. The number of ether oxygens (including phenoxy) is 3. The van der Waals surface area contributed by atoms with Gasteiger partial charge in [0.1, 0.15) is 34.5 Å². The van der Waals surface area contributed by atoms with Gasteiger partial charge < -0.3 is 24.4 Å². The molecule has 0 fully saturated rings. The fraction of sp³-hybridized carbons (Fsp3) is 0.231. The topological polar surface area (TPSA) is 108 Å². The number of methoxy groups -OCH3 is 1. The Bertz CT molecular complexity index is 1340. The first kappa shape index (κ1) is 22.0. The van der Waals surface area contributed by atoms with Gasteiger partial charge in [0.05, 0.1) is 25.2 Å². The molecule has 0 bridgehead atoms. The minimum Gasteiger partial charge on any atom is -0.496 e. The SMILES string of the molecule is CCOC(=O)C1=C(C)OC(N)=C(C#N)C1c1cc2oc(C)c(-c3ccccc3)c2cc1OC. The van der Waals surface area contributed by atoms with Gasteiger partial charge in [0, 0.05) is 16.5 Å². The predicted octanol–water partition coefficient (Wildman–Crippen LogP) is 5.06. The maximum absolute atomic E-state index is 12.9. The number of nitriles is 1. The fourth-order valence-electron chi connectivity index (χ4n) is 4.29.